The minimum Gasteiger partial charge on any atom is -0.309 e. The number of halogens is 1. The largest absolute Gasteiger partial charge is 0.309 e. The average molecular weight is 356 g/mol. The summed E-state index contributed by atoms with van der Waals surface area (Å²) < 4.78 is 3.29. The molecule has 0 bridgehead atoms. The predicted octanol–water partition coefficient (Wildman–Crippen LogP) is 5.07. The number of aryl methyl sites for hydroxylation is 1. The van der Waals surface area contributed by atoms with Crippen LogP contribution in [0.1, 0.15) is 76.9 Å². The van der Waals surface area contributed by atoms with E-state index < -0.39 is 0 Å². The minimum absolute atomic E-state index is 0.434. The molecule has 0 aliphatic heterocycles. The van der Waals surface area contributed by atoms with E-state index in [1.807, 2.05) is 6.20 Å². The van der Waals surface area contributed by atoms with Gasteiger partial charge >= 0.3 is 0 Å². The molecule has 0 amide bonds. The molecule has 0 radical (unpaired) electrons. The Morgan fingerprint density at radius 1 is 1.33 bits per heavy atom. The first-order valence-corrected chi connectivity index (χ1v) is 9.50. The highest BCUT2D eigenvalue weighted by molar-refractivity contribution is 9.10. The molecule has 0 spiro atoms. The van der Waals surface area contributed by atoms with Gasteiger partial charge in [-0.2, -0.15) is 5.10 Å². The summed E-state index contributed by atoms with van der Waals surface area (Å²) in [6.07, 6.45) is 12.9. The second-order valence-corrected chi connectivity index (χ2v) is 7.14. The first-order valence-electron chi connectivity index (χ1n) is 8.70. The topological polar surface area (TPSA) is 29.9 Å². The molecule has 0 saturated heterocycles. The van der Waals surface area contributed by atoms with Crippen LogP contribution >= 0.6 is 15.9 Å². The lowest BCUT2D eigenvalue weighted by atomic mass is 9.85. The highest BCUT2D eigenvalue weighted by atomic mass is 79.9. The Morgan fingerprint density at radius 2 is 2.10 bits per heavy atom. The van der Waals surface area contributed by atoms with Crippen molar-refractivity contribution in [2.24, 2.45) is 5.92 Å². The number of aromatic nitrogens is 2. The monoisotopic (exact) mass is 355 g/mol. The van der Waals surface area contributed by atoms with Crippen molar-refractivity contribution in [2.75, 3.05) is 6.54 Å². The van der Waals surface area contributed by atoms with E-state index in [9.17, 15) is 0 Å². The molecule has 4 heteroatoms. The van der Waals surface area contributed by atoms with Crippen molar-refractivity contribution in [3.8, 4) is 0 Å². The Morgan fingerprint density at radius 3 is 2.76 bits per heavy atom. The van der Waals surface area contributed by atoms with E-state index in [4.69, 9.17) is 0 Å². The molecule has 1 aliphatic rings. The van der Waals surface area contributed by atoms with Crippen molar-refractivity contribution in [1.29, 1.82) is 0 Å². The summed E-state index contributed by atoms with van der Waals surface area (Å²) in [6.45, 7) is 6.42. The fourth-order valence-corrected chi connectivity index (χ4v) is 4.08. The van der Waals surface area contributed by atoms with E-state index in [0.717, 1.165) is 23.5 Å². The van der Waals surface area contributed by atoms with Crippen molar-refractivity contribution in [1.82, 2.24) is 15.1 Å². The molecular formula is C17H30BrN3. The van der Waals surface area contributed by atoms with E-state index in [1.54, 1.807) is 0 Å². The van der Waals surface area contributed by atoms with E-state index >= 15 is 0 Å². The Bertz CT molecular complexity index is 410. The molecule has 3 nitrogen and oxygen atoms in total. The highest BCUT2D eigenvalue weighted by Gasteiger charge is 2.21. The number of hydrogen-bond donors (Lipinski definition) is 1. The average Bonchev–Trinajstić information content (AvgIpc) is 2.89. The van der Waals surface area contributed by atoms with E-state index in [0.29, 0.717) is 6.04 Å². The second-order valence-electron chi connectivity index (χ2n) is 6.28. The van der Waals surface area contributed by atoms with Crippen LogP contribution in [0.2, 0.25) is 0 Å². The smallest absolute Gasteiger partial charge is 0.0695 e. The molecule has 1 heterocycles. The zero-order valence-electron chi connectivity index (χ0n) is 13.6. The highest BCUT2D eigenvalue weighted by Crippen LogP contribution is 2.32. The first kappa shape index (κ1) is 17.0. The SMILES string of the molecule is CCCNC(CCC1CCCCC1)c1c(Br)cnn1CC. The Balaban J connectivity index is 2.00. The summed E-state index contributed by atoms with van der Waals surface area (Å²) in [6, 6.07) is 0.434. The molecule has 1 aromatic rings. The minimum atomic E-state index is 0.434. The summed E-state index contributed by atoms with van der Waals surface area (Å²) in [4.78, 5) is 0. The molecule has 0 aromatic carbocycles. The van der Waals surface area contributed by atoms with Crippen molar-refractivity contribution in [3.05, 3.63) is 16.4 Å². The van der Waals surface area contributed by atoms with Crippen LogP contribution in [0, 0.1) is 5.92 Å². The molecule has 1 saturated carbocycles. The summed E-state index contributed by atoms with van der Waals surface area (Å²) in [5, 5.41) is 8.22. The number of nitrogens with one attached hydrogen (secondary N) is 1. The van der Waals surface area contributed by atoms with Gasteiger partial charge in [0.15, 0.2) is 0 Å². The van der Waals surface area contributed by atoms with Gasteiger partial charge in [0.1, 0.15) is 0 Å². The standard InChI is InChI=1S/C17H30BrN3/c1-3-12-19-16(11-10-14-8-6-5-7-9-14)17-15(18)13-20-21(17)4-2/h13-14,16,19H,3-12H2,1-2H3. The van der Waals surface area contributed by atoms with Gasteiger partial charge < -0.3 is 5.32 Å². The fourth-order valence-electron chi connectivity index (χ4n) is 3.50. The van der Waals surface area contributed by atoms with Crippen LogP contribution in [-0.4, -0.2) is 16.3 Å². The zero-order valence-corrected chi connectivity index (χ0v) is 15.2. The zero-order chi connectivity index (χ0) is 15.1. The molecule has 1 N–H and O–H groups in total. The second kappa shape index (κ2) is 8.94. The van der Waals surface area contributed by atoms with Crippen LogP contribution in [0.5, 0.6) is 0 Å². The molecule has 1 aromatic heterocycles. The number of nitrogens with zero attached hydrogens (tertiary/aromatic N) is 2. The summed E-state index contributed by atoms with van der Waals surface area (Å²) in [5.74, 6) is 0.946. The lowest BCUT2D eigenvalue weighted by molar-refractivity contribution is 0.310. The third kappa shape index (κ3) is 4.82. The van der Waals surface area contributed by atoms with Gasteiger partial charge in [-0.15, -0.1) is 0 Å². The van der Waals surface area contributed by atoms with Crippen LogP contribution in [0.4, 0.5) is 0 Å². The molecular weight excluding hydrogens is 326 g/mol. The van der Waals surface area contributed by atoms with Crippen LogP contribution in [0.3, 0.4) is 0 Å². The number of rotatable bonds is 8. The Labute approximate surface area is 138 Å². The van der Waals surface area contributed by atoms with Gasteiger partial charge in [-0.25, -0.2) is 0 Å². The van der Waals surface area contributed by atoms with Gasteiger partial charge in [0, 0.05) is 6.54 Å². The quantitative estimate of drug-likeness (QED) is 0.705. The van der Waals surface area contributed by atoms with Crippen molar-refractivity contribution >= 4 is 15.9 Å². The molecule has 1 unspecified atom stereocenters. The van der Waals surface area contributed by atoms with Crippen molar-refractivity contribution in [3.63, 3.8) is 0 Å². The van der Waals surface area contributed by atoms with Gasteiger partial charge in [-0.3, -0.25) is 4.68 Å². The summed E-state index contributed by atoms with van der Waals surface area (Å²) in [7, 11) is 0. The Hall–Kier alpha value is -0.350. The van der Waals surface area contributed by atoms with Gasteiger partial charge in [-0.1, -0.05) is 39.0 Å². The van der Waals surface area contributed by atoms with Gasteiger partial charge in [0.05, 0.1) is 22.4 Å². The normalized spacial score (nSPS) is 18.0. The molecule has 1 fully saturated rings. The van der Waals surface area contributed by atoms with Crippen LogP contribution < -0.4 is 5.32 Å². The van der Waals surface area contributed by atoms with E-state index in [2.05, 4.69) is 44.9 Å². The lowest BCUT2D eigenvalue weighted by Crippen LogP contribution is -2.26. The lowest BCUT2D eigenvalue weighted by Gasteiger charge is -2.25. The van der Waals surface area contributed by atoms with Crippen LogP contribution in [0.25, 0.3) is 0 Å². The maximum atomic E-state index is 4.49. The van der Waals surface area contributed by atoms with Crippen LogP contribution in [0.15, 0.2) is 10.7 Å². The van der Waals surface area contributed by atoms with Crippen molar-refractivity contribution < 1.29 is 0 Å². The number of hydrogen-bond acceptors (Lipinski definition) is 2. The third-order valence-electron chi connectivity index (χ3n) is 4.69. The summed E-state index contributed by atoms with van der Waals surface area (Å²) in [5.41, 5.74) is 1.33. The maximum Gasteiger partial charge on any atom is 0.0695 e. The van der Waals surface area contributed by atoms with Gasteiger partial charge in [0.2, 0.25) is 0 Å². The molecule has 2 rings (SSSR count). The Kier molecular flexibility index (Phi) is 7.24. The van der Waals surface area contributed by atoms with Crippen LogP contribution in [-0.2, 0) is 6.54 Å². The molecule has 1 aliphatic carbocycles. The first-order chi connectivity index (χ1) is 10.3. The predicted molar refractivity (Wildman–Crippen MR) is 92.4 cm³/mol. The molecule has 21 heavy (non-hydrogen) atoms. The van der Waals surface area contributed by atoms with E-state index in [-0.39, 0.29) is 0 Å². The van der Waals surface area contributed by atoms with Gasteiger partial charge in [0.25, 0.3) is 0 Å². The molecule has 1 atom stereocenters. The van der Waals surface area contributed by atoms with Crippen molar-refractivity contribution in [2.45, 2.75) is 77.8 Å². The summed E-state index contributed by atoms with van der Waals surface area (Å²) >= 11 is 3.69. The third-order valence-corrected chi connectivity index (χ3v) is 5.30. The fraction of sp³-hybridized carbons (Fsp3) is 0.824. The van der Waals surface area contributed by atoms with Gasteiger partial charge in [-0.05, 0) is 54.6 Å². The maximum absolute atomic E-state index is 4.49. The van der Waals surface area contributed by atoms with E-state index in [1.165, 1.54) is 57.1 Å². The molecule has 120 valence electrons.